The van der Waals surface area contributed by atoms with Gasteiger partial charge in [-0.3, -0.25) is 14.9 Å². The molecule has 1 aliphatic heterocycles. The van der Waals surface area contributed by atoms with Crippen molar-refractivity contribution in [2.45, 2.75) is 50.5 Å². The monoisotopic (exact) mass is 605 g/mol. The van der Waals surface area contributed by atoms with Gasteiger partial charge in [0.15, 0.2) is 0 Å². The van der Waals surface area contributed by atoms with Crippen LogP contribution in [0, 0.1) is 17.8 Å². The Balaban J connectivity index is 1.03. The van der Waals surface area contributed by atoms with Crippen LogP contribution in [-0.2, 0) is 21.5 Å². The van der Waals surface area contributed by atoms with Crippen molar-refractivity contribution in [3.8, 4) is 0 Å². The van der Waals surface area contributed by atoms with Crippen LogP contribution >= 0.6 is 0 Å². The Kier molecular flexibility index (Phi) is 6.11. The zero-order chi connectivity index (χ0) is 31.0. The van der Waals surface area contributed by atoms with Gasteiger partial charge in [-0.25, -0.2) is 9.69 Å². The van der Waals surface area contributed by atoms with E-state index in [1.165, 1.54) is 54.9 Å². The van der Waals surface area contributed by atoms with E-state index in [4.69, 9.17) is 0 Å². The molecular weight excluding hydrogens is 570 g/mol. The third-order valence-corrected chi connectivity index (χ3v) is 11.2. The van der Waals surface area contributed by atoms with E-state index in [1.54, 1.807) is 6.08 Å². The molecule has 1 saturated heterocycles. The van der Waals surface area contributed by atoms with Gasteiger partial charge >= 0.3 is 6.03 Å². The van der Waals surface area contributed by atoms with Gasteiger partial charge in [0.05, 0.1) is 5.69 Å². The molecule has 6 heteroatoms. The number of aromatic nitrogens is 1. The lowest BCUT2D eigenvalue weighted by atomic mass is 9.48. The van der Waals surface area contributed by atoms with E-state index < -0.39 is 17.8 Å². The maximum absolute atomic E-state index is 13.9. The van der Waals surface area contributed by atoms with Gasteiger partial charge in [-0.05, 0) is 114 Å². The number of imide groups is 2. The molecule has 2 heterocycles. The summed E-state index contributed by atoms with van der Waals surface area (Å²) < 4.78 is 2.14. The number of anilines is 1. The van der Waals surface area contributed by atoms with Crippen molar-refractivity contribution < 1.29 is 14.4 Å². The molecule has 0 atom stereocenters. The number of hydrogen-bond acceptors (Lipinski definition) is 3. The zero-order valence-corrected chi connectivity index (χ0v) is 25.6. The molecule has 0 spiro atoms. The Morgan fingerprint density at radius 3 is 2.17 bits per heavy atom. The Morgan fingerprint density at radius 2 is 1.43 bits per heavy atom. The third kappa shape index (κ3) is 4.42. The predicted octanol–water partition coefficient (Wildman–Crippen LogP) is 7.98. The largest absolute Gasteiger partial charge is 0.342 e. The van der Waals surface area contributed by atoms with Crippen LogP contribution in [0.3, 0.4) is 0 Å². The molecule has 0 unspecified atom stereocenters. The second kappa shape index (κ2) is 10.3. The molecule has 6 nitrogen and oxygen atoms in total. The lowest BCUT2D eigenvalue weighted by Gasteiger charge is -2.57. The smallest absolute Gasteiger partial charge is 0.335 e. The summed E-state index contributed by atoms with van der Waals surface area (Å²) in [4.78, 5) is 41.2. The summed E-state index contributed by atoms with van der Waals surface area (Å²) >= 11 is 0. The predicted molar refractivity (Wildman–Crippen MR) is 180 cm³/mol. The van der Waals surface area contributed by atoms with Crippen molar-refractivity contribution >= 4 is 51.3 Å². The Morgan fingerprint density at radius 1 is 0.761 bits per heavy atom. The van der Waals surface area contributed by atoms with Gasteiger partial charge in [-0.2, -0.15) is 0 Å². The van der Waals surface area contributed by atoms with Crippen molar-refractivity contribution in [2.75, 3.05) is 4.90 Å². The van der Waals surface area contributed by atoms with E-state index in [1.807, 2.05) is 54.7 Å². The molecular formula is C40H35N3O3. The van der Waals surface area contributed by atoms with Crippen LogP contribution in [0.4, 0.5) is 10.5 Å². The Bertz CT molecular complexity index is 2070. The second-order valence-electron chi connectivity index (χ2n) is 14.1. The number of fused-ring (bicyclic) bond motifs is 2. The van der Waals surface area contributed by atoms with Gasteiger partial charge in [0, 0.05) is 29.2 Å². The molecule has 5 fully saturated rings. The van der Waals surface area contributed by atoms with Gasteiger partial charge in [0.1, 0.15) is 5.57 Å². The number of amides is 4. The third-order valence-electron chi connectivity index (χ3n) is 11.2. The fourth-order valence-electron chi connectivity index (χ4n) is 9.53. The van der Waals surface area contributed by atoms with E-state index in [0.717, 1.165) is 44.7 Å². The number of carbonyl (C=O) groups is 3. The number of nitrogens with zero attached hydrogens (tertiary/aromatic N) is 2. The first kappa shape index (κ1) is 27.3. The normalized spacial score (nSPS) is 26.4. The molecule has 10 rings (SSSR count). The number of benzene rings is 4. The average molecular weight is 606 g/mol. The summed E-state index contributed by atoms with van der Waals surface area (Å²) in [7, 11) is 0. The van der Waals surface area contributed by atoms with Gasteiger partial charge in [0.2, 0.25) is 0 Å². The summed E-state index contributed by atoms with van der Waals surface area (Å²) in [6.07, 6.45) is 11.5. The molecule has 4 amide bonds. The van der Waals surface area contributed by atoms with Gasteiger partial charge < -0.3 is 4.57 Å². The standard InChI is InChI=1S/C40H35N3O3/c44-37-35(19-31-24-42(36-8-4-3-7-34(31)36)23-25-9-10-29-5-1-2-6-30(29)18-25)38(45)43(39(46)41-37)33-13-11-32(12-14-33)40-20-26-15-27(21-40)17-28(16-26)22-40/h1-14,18-19,24,26-28H,15-17,20-23H2,(H,41,44,46)/b35-19+. The highest BCUT2D eigenvalue weighted by atomic mass is 16.2. The van der Waals surface area contributed by atoms with Crippen LogP contribution in [0.5, 0.6) is 0 Å². The lowest BCUT2D eigenvalue weighted by molar-refractivity contribution is -0.122. The van der Waals surface area contributed by atoms with E-state index in [9.17, 15) is 14.4 Å². The average Bonchev–Trinajstić information content (AvgIpc) is 3.39. The van der Waals surface area contributed by atoms with Crippen molar-refractivity contribution in [1.82, 2.24) is 9.88 Å². The van der Waals surface area contributed by atoms with E-state index in [2.05, 4.69) is 52.3 Å². The number of carbonyl (C=O) groups excluding carboxylic acids is 3. The van der Waals surface area contributed by atoms with Crippen LogP contribution in [0.1, 0.15) is 55.2 Å². The summed E-state index contributed by atoms with van der Waals surface area (Å²) in [5.74, 6) is 1.21. The first-order chi connectivity index (χ1) is 22.4. The lowest BCUT2D eigenvalue weighted by Crippen LogP contribution is -2.54. The van der Waals surface area contributed by atoms with Gasteiger partial charge in [0.25, 0.3) is 11.8 Å². The number of urea groups is 1. The Hall–Kier alpha value is -4.97. The minimum absolute atomic E-state index is 0.0571. The van der Waals surface area contributed by atoms with Crippen LogP contribution < -0.4 is 10.2 Å². The van der Waals surface area contributed by atoms with Crippen LogP contribution in [-0.4, -0.2) is 22.4 Å². The van der Waals surface area contributed by atoms with E-state index in [-0.39, 0.29) is 11.0 Å². The number of rotatable bonds is 5. The molecule has 4 saturated carbocycles. The summed E-state index contributed by atoms with van der Waals surface area (Å²) in [5.41, 5.74) is 4.88. The number of barbiturate groups is 1. The number of hydrogen-bond donors (Lipinski definition) is 1. The first-order valence-electron chi connectivity index (χ1n) is 16.5. The molecule has 5 aliphatic rings. The molecule has 4 aromatic carbocycles. The van der Waals surface area contributed by atoms with Crippen LogP contribution in [0.25, 0.3) is 27.8 Å². The van der Waals surface area contributed by atoms with E-state index >= 15 is 0 Å². The first-order valence-corrected chi connectivity index (χ1v) is 16.5. The maximum Gasteiger partial charge on any atom is 0.335 e. The highest BCUT2D eigenvalue weighted by Gasteiger charge is 2.51. The highest BCUT2D eigenvalue weighted by Crippen LogP contribution is 2.60. The minimum Gasteiger partial charge on any atom is -0.342 e. The minimum atomic E-state index is -0.714. The zero-order valence-electron chi connectivity index (χ0n) is 25.6. The molecule has 228 valence electrons. The SMILES string of the molecule is O=C1NC(=O)N(c2ccc(C34CC5CC(CC(C5)C3)C4)cc2)C(=O)/C1=C/c1cn(Cc2ccc3ccccc3c2)c2ccccc12. The second-order valence-corrected chi connectivity index (χ2v) is 14.1. The van der Waals surface area contributed by atoms with Crippen molar-refractivity contribution in [3.05, 3.63) is 119 Å². The maximum atomic E-state index is 13.9. The molecule has 1 aromatic heterocycles. The molecule has 5 aromatic rings. The fraction of sp³-hybridized carbons (Fsp3) is 0.275. The molecule has 4 aliphatic carbocycles. The van der Waals surface area contributed by atoms with Crippen LogP contribution in [0.2, 0.25) is 0 Å². The number of nitrogens with one attached hydrogen (secondary N) is 1. The van der Waals surface area contributed by atoms with Gasteiger partial charge in [-0.15, -0.1) is 0 Å². The molecule has 1 N–H and O–H groups in total. The topological polar surface area (TPSA) is 71.4 Å². The highest BCUT2D eigenvalue weighted by molar-refractivity contribution is 6.39. The summed E-state index contributed by atoms with van der Waals surface area (Å²) in [6, 6.07) is 30.0. The van der Waals surface area contributed by atoms with Crippen molar-refractivity contribution in [3.63, 3.8) is 0 Å². The summed E-state index contributed by atoms with van der Waals surface area (Å²) in [6.45, 7) is 0.634. The fourth-order valence-corrected chi connectivity index (χ4v) is 9.53. The summed E-state index contributed by atoms with van der Waals surface area (Å²) in [5, 5.41) is 5.72. The Labute approximate surface area is 267 Å². The molecule has 46 heavy (non-hydrogen) atoms. The van der Waals surface area contributed by atoms with Crippen molar-refractivity contribution in [2.24, 2.45) is 17.8 Å². The van der Waals surface area contributed by atoms with Crippen molar-refractivity contribution in [1.29, 1.82) is 0 Å². The quantitative estimate of drug-likeness (QED) is 0.163. The molecule has 4 bridgehead atoms. The number of para-hydroxylation sites is 1. The van der Waals surface area contributed by atoms with Gasteiger partial charge in [-0.1, -0.05) is 66.7 Å². The van der Waals surface area contributed by atoms with E-state index in [0.29, 0.717) is 12.2 Å². The molecule has 0 radical (unpaired) electrons. The van der Waals surface area contributed by atoms with Crippen LogP contribution in [0.15, 0.2) is 103 Å².